The Morgan fingerprint density at radius 2 is 1.86 bits per heavy atom. The van der Waals surface area contributed by atoms with Gasteiger partial charge in [-0.1, -0.05) is 35.3 Å². The molecule has 2 aromatic heterocycles. The van der Waals surface area contributed by atoms with Crippen LogP contribution in [0.4, 0.5) is 11.4 Å². The van der Waals surface area contributed by atoms with E-state index in [0.717, 1.165) is 54.5 Å². The van der Waals surface area contributed by atoms with Crippen LogP contribution in [0.5, 0.6) is 0 Å². The summed E-state index contributed by atoms with van der Waals surface area (Å²) in [6, 6.07) is 17.6. The van der Waals surface area contributed by atoms with Gasteiger partial charge in [-0.2, -0.15) is 5.10 Å². The maximum atomic E-state index is 6.55. The second kappa shape index (κ2) is 10.7. The maximum Gasteiger partial charge on any atom is 0.211 e. The lowest BCUT2D eigenvalue weighted by Gasteiger charge is -2.28. The highest BCUT2D eigenvalue weighted by Gasteiger charge is 2.14. The quantitative estimate of drug-likeness (QED) is 0.290. The van der Waals surface area contributed by atoms with E-state index in [0.29, 0.717) is 14.8 Å². The monoisotopic (exact) mass is 523 g/mol. The number of hydrogen-bond donors (Lipinski definition) is 0. The lowest BCUT2D eigenvalue weighted by atomic mass is 10.1. The highest BCUT2D eigenvalue weighted by molar-refractivity contribution is 7.07. The molecule has 0 spiro atoms. The Bertz CT molecular complexity index is 1410. The number of thiazole rings is 1. The number of morpholine rings is 1. The first-order chi connectivity index (χ1) is 17.1. The number of pyridine rings is 1. The third kappa shape index (κ3) is 5.49. The molecule has 1 fully saturated rings. The molecule has 1 saturated heterocycles. The molecule has 0 atom stereocenters. The van der Waals surface area contributed by atoms with E-state index in [2.05, 4.69) is 34.1 Å². The van der Waals surface area contributed by atoms with Gasteiger partial charge in [-0.25, -0.2) is 9.67 Å². The minimum Gasteiger partial charge on any atom is -0.378 e. The van der Waals surface area contributed by atoms with Crippen molar-refractivity contribution in [3.63, 3.8) is 0 Å². The van der Waals surface area contributed by atoms with Crippen molar-refractivity contribution < 1.29 is 4.74 Å². The van der Waals surface area contributed by atoms with Gasteiger partial charge in [0.15, 0.2) is 0 Å². The van der Waals surface area contributed by atoms with E-state index < -0.39 is 0 Å². The van der Waals surface area contributed by atoms with E-state index in [4.69, 9.17) is 38.0 Å². The Balaban J connectivity index is 1.57. The fourth-order valence-corrected chi connectivity index (χ4v) is 5.05. The topological polar surface area (TPSA) is 55.0 Å². The van der Waals surface area contributed by atoms with Gasteiger partial charge in [-0.3, -0.25) is 4.98 Å². The minimum atomic E-state index is 0.594. The third-order valence-electron chi connectivity index (χ3n) is 5.67. The van der Waals surface area contributed by atoms with Crippen molar-refractivity contribution in [2.45, 2.75) is 6.92 Å². The van der Waals surface area contributed by atoms with Gasteiger partial charge in [0.05, 0.1) is 41.5 Å². The van der Waals surface area contributed by atoms with E-state index in [9.17, 15) is 0 Å². The molecule has 2 aromatic carbocycles. The van der Waals surface area contributed by atoms with Crippen LogP contribution in [0, 0.1) is 0 Å². The first-order valence-electron chi connectivity index (χ1n) is 11.2. The van der Waals surface area contributed by atoms with Crippen LogP contribution in [0.25, 0.3) is 11.3 Å². The van der Waals surface area contributed by atoms with Gasteiger partial charge < -0.3 is 9.64 Å². The van der Waals surface area contributed by atoms with Crippen molar-refractivity contribution in [3.05, 3.63) is 92.8 Å². The molecule has 0 aliphatic carbocycles. The van der Waals surface area contributed by atoms with Crippen LogP contribution in [0.3, 0.4) is 0 Å². The molecule has 3 heterocycles. The van der Waals surface area contributed by atoms with Crippen LogP contribution in [0.2, 0.25) is 10.0 Å². The smallest absolute Gasteiger partial charge is 0.211 e. The molecule has 1 aliphatic rings. The van der Waals surface area contributed by atoms with E-state index in [1.807, 2.05) is 35.2 Å². The zero-order chi connectivity index (χ0) is 24.2. The Morgan fingerprint density at radius 3 is 2.60 bits per heavy atom. The number of hydrogen-bond acceptors (Lipinski definition) is 6. The SMILES string of the molecule is CC(=Nn1c(-c2cc(Cl)ccc2Cl)csc1=Nc1cccnc1)c1ccc(N2CCOCC2)cc1. The van der Waals surface area contributed by atoms with E-state index >= 15 is 0 Å². The Kier molecular flexibility index (Phi) is 7.29. The second-order valence-corrected chi connectivity index (χ2v) is 9.67. The molecule has 0 saturated carbocycles. The average molecular weight is 524 g/mol. The number of nitrogens with zero attached hydrogens (tertiary/aromatic N) is 5. The van der Waals surface area contributed by atoms with Crippen molar-refractivity contribution in [2.75, 3.05) is 31.2 Å². The summed E-state index contributed by atoms with van der Waals surface area (Å²) < 4.78 is 7.29. The largest absolute Gasteiger partial charge is 0.378 e. The summed E-state index contributed by atoms with van der Waals surface area (Å²) in [6.45, 7) is 5.32. The van der Waals surface area contributed by atoms with Crippen LogP contribution in [-0.4, -0.2) is 41.7 Å². The van der Waals surface area contributed by atoms with Crippen LogP contribution < -0.4 is 9.70 Å². The lowest BCUT2D eigenvalue weighted by Crippen LogP contribution is -2.36. The number of benzene rings is 2. The summed E-state index contributed by atoms with van der Waals surface area (Å²) in [5.41, 5.74) is 5.41. The second-order valence-electron chi connectivity index (χ2n) is 7.99. The zero-order valence-electron chi connectivity index (χ0n) is 19.1. The lowest BCUT2D eigenvalue weighted by molar-refractivity contribution is 0.122. The van der Waals surface area contributed by atoms with Crippen molar-refractivity contribution in [1.29, 1.82) is 0 Å². The molecule has 0 amide bonds. The number of rotatable bonds is 5. The fraction of sp³-hybridized carbons (Fsp3) is 0.192. The molecule has 6 nitrogen and oxygen atoms in total. The molecule has 1 aliphatic heterocycles. The van der Waals surface area contributed by atoms with Crippen LogP contribution in [0.15, 0.2) is 82.5 Å². The Morgan fingerprint density at radius 1 is 1.06 bits per heavy atom. The number of halogens is 2. The Labute approximate surface area is 217 Å². The van der Waals surface area contributed by atoms with E-state index in [1.54, 1.807) is 24.5 Å². The molecule has 9 heteroatoms. The molecule has 0 unspecified atom stereocenters. The molecule has 178 valence electrons. The average Bonchev–Trinajstić information content (AvgIpc) is 3.28. The minimum absolute atomic E-state index is 0.594. The van der Waals surface area contributed by atoms with Gasteiger partial charge in [0.25, 0.3) is 0 Å². The Hall–Kier alpha value is -2.97. The van der Waals surface area contributed by atoms with Crippen molar-refractivity contribution in [1.82, 2.24) is 9.66 Å². The predicted octanol–water partition coefficient (Wildman–Crippen LogP) is 6.26. The summed E-state index contributed by atoms with van der Waals surface area (Å²) in [4.78, 5) is 12.0. The van der Waals surface area contributed by atoms with Gasteiger partial charge in [-0.05, 0) is 55.0 Å². The van der Waals surface area contributed by atoms with Gasteiger partial charge in [0.2, 0.25) is 4.80 Å². The summed E-state index contributed by atoms with van der Waals surface area (Å²) in [7, 11) is 0. The number of anilines is 1. The van der Waals surface area contributed by atoms with Gasteiger partial charge in [0, 0.05) is 40.9 Å². The first-order valence-corrected chi connectivity index (χ1v) is 12.8. The van der Waals surface area contributed by atoms with Crippen molar-refractivity contribution >= 4 is 51.6 Å². The fourth-order valence-electron chi connectivity index (χ4n) is 3.83. The molecular weight excluding hydrogens is 501 g/mol. The molecule has 0 bridgehead atoms. The van der Waals surface area contributed by atoms with Gasteiger partial charge in [-0.15, -0.1) is 11.3 Å². The highest BCUT2D eigenvalue weighted by Crippen LogP contribution is 2.31. The summed E-state index contributed by atoms with van der Waals surface area (Å²) >= 11 is 14.3. The first kappa shape index (κ1) is 23.8. The molecule has 35 heavy (non-hydrogen) atoms. The molecule has 0 radical (unpaired) electrons. The third-order valence-corrected chi connectivity index (χ3v) is 7.05. The molecule has 4 aromatic rings. The van der Waals surface area contributed by atoms with Crippen LogP contribution >= 0.6 is 34.5 Å². The van der Waals surface area contributed by atoms with Crippen molar-refractivity contribution in [2.24, 2.45) is 10.1 Å². The number of ether oxygens (including phenoxy) is 1. The van der Waals surface area contributed by atoms with Crippen LogP contribution in [0.1, 0.15) is 12.5 Å². The van der Waals surface area contributed by atoms with Crippen molar-refractivity contribution in [3.8, 4) is 11.3 Å². The molecule has 0 N–H and O–H groups in total. The van der Waals surface area contributed by atoms with E-state index in [1.165, 1.54) is 17.0 Å². The molecule has 5 rings (SSSR count). The number of aromatic nitrogens is 2. The standard InChI is InChI=1S/C26H23Cl2N5OS/c1-18(19-4-7-22(8-5-19)32-11-13-34-14-12-32)31-33-25(23-15-20(27)6-9-24(23)28)17-35-26(33)30-21-3-2-10-29-16-21/h2-10,15-17H,11-14H2,1H3. The summed E-state index contributed by atoms with van der Waals surface area (Å²) in [5.74, 6) is 0. The summed E-state index contributed by atoms with van der Waals surface area (Å²) in [5, 5.41) is 8.16. The zero-order valence-corrected chi connectivity index (χ0v) is 21.4. The van der Waals surface area contributed by atoms with Gasteiger partial charge in [0.1, 0.15) is 0 Å². The van der Waals surface area contributed by atoms with E-state index in [-0.39, 0.29) is 0 Å². The van der Waals surface area contributed by atoms with Gasteiger partial charge >= 0.3 is 0 Å². The van der Waals surface area contributed by atoms with Crippen LogP contribution in [-0.2, 0) is 4.74 Å². The maximum absolute atomic E-state index is 6.55. The highest BCUT2D eigenvalue weighted by atomic mass is 35.5. The predicted molar refractivity (Wildman–Crippen MR) is 144 cm³/mol. The normalized spacial score (nSPS) is 15.0. The summed E-state index contributed by atoms with van der Waals surface area (Å²) in [6.07, 6.45) is 3.44. The molecular formula is C26H23Cl2N5OS.